The van der Waals surface area contributed by atoms with Gasteiger partial charge in [-0.25, -0.2) is 4.79 Å². The second kappa shape index (κ2) is 7.58. The molecule has 5 heteroatoms. The van der Waals surface area contributed by atoms with Crippen molar-refractivity contribution in [3.63, 3.8) is 0 Å². The Balaban J connectivity index is 1.77. The smallest absolute Gasteiger partial charge is 0.315 e. The van der Waals surface area contributed by atoms with Crippen molar-refractivity contribution in [3.05, 3.63) is 30.1 Å². The van der Waals surface area contributed by atoms with Crippen LogP contribution in [0.2, 0.25) is 0 Å². The van der Waals surface area contributed by atoms with Gasteiger partial charge in [0.2, 0.25) is 0 Å². The van der Waals surface area contributed by atoms with Crippen LogP contribution in [0.3, 0.4) is 0 Å². The molecule has 1 aromatic rings. The normalized spacial score (nSPS) is 22.1. The highest BCUT2D eigenvalue weighted by Crippen LogP contribution is 2.33. The zero-order valence-electron chi connectivity index (χ0n) is 13.8. The number of ether oxygens (including phenoxy) is 1. The van der Waals surface area contributed by atoms with Crippen LogP contribution in [0.1, 0.15) is 39.2 Å². The van der Waals surface area contributed by atoms with E-state index in [2.05, 4.69) is 36.4 Å². The Kier molecular flexibility index (Phi) is 5.77. The number of carbonyl (C=O) groups is 1. The van der Waals surface area contributed by atoms with Crippen LogP contribution >= 0.6 is 0 Å². The Hall–Kier alpha value is -1.62. The maximum absolute atomic E-state index is 11.9. The number of carbonyl (C=O) groups excluding carboxylic acids is 1. The summed E-state index contributed by atoms with van der Waals surface area (Å²) in [5.74, 6) is 0.375. The van der Waals surface area contributed by atoms with Crippen molar-refractivity contribution in [3.8, 4) is 0 Å². The van der Waals surface area contributed by atoms with Crippen LogP contribution in [-0.4, -0.2) is 30.3 Å². The Labute approximate surface area is 132 Å². The van der Waals surface area contributed by atoms with Crippen LogP contribution in [0.5, 0.6) is 0 Å². The van der Waals surface area contributed by atoms with E-state index in [-0.39, 0.29) is 17.6 Å². The number of rotatable bonds is 4. The zero-order valence-corrected chi connectivity index (χ0v) is 13.8. The lowest BCUT2D eigenvalue weighted by molar-refractivity contribution is -0.0837. The van der Waals surface area contributed by atoms with Gasteiger partial charge in [-0.15, -0.1) is 0 Å². The van der Waals surface area contributed by atoms with Crippen molar-refractivity contribution < 1.29 is 9.53 Å². The molecule has 0 unspecified atom stereocenters. The van der Waals surface area contributed by atoms with Crippen molar-refractivity contribution >= 4 is 6.03 Å². The van der Waals surface area contributed by atoms with Crippen LogP contribution in [0.4, 0.5) is 4.79 Å². The molecule has 0 saturated carbocycles. The van der Waals surface area contributed by atoms with Crippen molar-refractivity contribution in [2.45, 2.75) is 46.3 Å². The lowest BCUT2D eigenvalue weighted by atomic mass is 9.78. The highest BCUT2D eigenvalue weighted by molar-refractivity contribution is 5.73. The fourth-order valence-corrected chi connectivity index (χ4v) is 2.98. The van der Waals surface area contributed by atoms with Crippen LogP contribution in [0, 0.1) is 11.3 Å². The minimum atomic E-state index is -0.130. The highest BCUT2D eigenvalue weighted by Gasteiger charge is 2.35. The number of aromatic nitrogens is 1. The molecule has 22 heavy (non-hydrogen) atoms. The fraction of sp³-hybridized carbons (Fsp3) is 0.647. The van der Waals surface area contributed by atoms with E-state index < -0.39 is 0 Å². The summed E-state index contributed by atoms with van der Waals surface area (Å²) in [5, 5.41) is 5.85. The molecule has 0 bridgehead atoms. The lowest BCUT2D eigenvalue weighted by Gasteiger charge is -2.40. The Morgan fingerprint density at radius 2 is 2.05 bits per heavy atom. The van der Waals surface area contributed by atoms with Gasteiger partial charge in [0.05, 0.1) is 6.10 Å². The maximum Gasteiger partial charge on any atom is 0.315 e. The van der Waals surface area contributed by atoms with Crippen LogP contribution in [0.15, 0.2) is 24.5 Å². The number of pyridine rings is 1. The summed E-state index contributed by atoms with van der Waals surface area (Å²) < 4.78 is 5.94. The largest absolute Gasteiger partial charge is 0.377 e. The van der Waals surface area contributed by atoms with Crippen LogP contribution in [0.25, 0.3) is 0 Å². The van der Waals surface area contributed by atoms with Gasteiger partial charge in [0.15, 0.2) is 0 Å². The van der Waals surface area contributed by atoms with E-state index in [1.165, 1.54) is 0 Å². The van der Waals surface area contributed by atoms with E-state index >= 15 is 0 Å². The first-order valence-corrected chi connectivity index (χ1v) is 7.99. The van der Waals surface area contributed by atoms with E-state index in [0.29, 0.717) is 19.0 Å². The first-order valence-electron chi connectivity index (χ1n) is 7.99. The number of amides is 2. The second-order valence-electron chi connectivity index (χ2n) is 6.98. The molecule has 2 N–H and O–H groups in total. The molecule has 122 valence electrons. The summed E-state index contributed by atoms with van der Waals surface area (Å²) in [4.78, 5) is 15.9. The molecule has 2 amide bonds. The van der Waals surface area contributed by atoms with Crippen molar-refractivity contribution in [1.82, 2.24) is 15.6 Å². The molecule has 2 atom stereocenters. The number of urea groups is 1. The first-order chi connectivity index (χ1) is 10.5. The molecule has 0 aliphatic carbocycles. The summed E-state index contributed by atoms with van der Waals surface area (Å²) in [6.07, 6.45) is 5.82. The van der Waals surface area contributed by atoms with Crippen molar-refractivity contribution in [2.24, 2.45) is 11.3 Å². The number of hydrogen-bond acceptors (Lipinski definition) is 3. The molecular formula is C17H27N3O2. The van der Waals surface area contributed by atoms with E-state index in [0.717, 1.165) is 25.0 Å². The van der Waals surface area contributed by atoms with E-state index in [4.69, 9.17) is 4.74 Å². The van der Waals surface area contributed by atoms with Gasteiger partial charge in [-0.05, 0) is 36.0 Å². The molecule has 2 heterocycles. The van der Waals surface area contributed by atoms with Gasteiger partial charge >= 0.3 is 6.03 Å². The molecule has 5 nitrogen and oxygen atoms in total. The summed E-state index contributed by atoms with van der Waals surface area (Å²) >= 11 is 0. The third-order valence-corrected chi connectivity index (χ3v) is 4.03. The Morgan fingerprint density at radius 1 is 1.32 bits per heavy atom. The molecule has 1 aliphatic rings. The Bertz CT molecular complexity index is 471. The minimum Gasteiger partial charge on any atom is -0.377 e. The number of hydrogen-bond donors (Lipinski definition) is 2. The summed E-state index contributed by atoms with van der Waals surface area (Å²) in [5.41, 5.74) is 1.14. The van der Waals surface area contributed by atoms with Crippen LogP contribution in [-0.2, 0) is 11.3 Å². The SMILES string of the molecule is CC(C)(C)[C@@H]1OCCC[C@H]1CNC(=O)NCc1ccncc1. The molecule has 1 aromatic heterocycles. The predicted octanol–water partition coefficient (Wildman–Crippen LogP) is 2.72. The monoisotopic (exact) mass is 305 g/mol. The topological polar surface area (TPSA) is 63.2 Å². The standard InChI is InChI=1S/C17H27N3O2/c1-17(2,3)15-14(5-4-10-22-15)12-20-16(21)19-11-13-6-8-18-9-7-13/h6-9,14-15H,4-5,10-12H2,1-3H3,(H2,19,20,21)/t14-,15+/m0/s1. The third kappa shape index (κ3) is 4.98. The van der Waals surface area contributed by atoms with E-state index in [9.17, 15) is 4.79 Å². The number of nitrogens with zero attached hydrogens (tertiary/aromatic N) is 1. The number of nitrogens with one attached hydrogen (secondary N) is 2. The van der Waals surface area contributed by atoms with E-state index in [1.54, 1.807) is 12.4 Å². The van der Waals surface area contributed by atoms with Gasteiger partial charge < -0.3 is 15.4 Å². The average molecular weight is 305 g/mol. The molecule has 2 rings (SSSR count). The van der Waals surface area contributed by atoms with Gasteiger partial charge in [-0.3, -0.25) is 4.98 Å². The lowest BCUT2D eigenvalue weighted by Crippen LogP contribution is -2.46. The van der Waals surface area contributed by atoms with Gasteiger partial charge in [0, 0.05) is 38.0 Å². The van der Waals surface area contributed by atoms with E-state index in [1.807, 2.05) is 12.1 Å². The van der Waals surface area contributed by atoms with Gasteiger partial charge in [-0.2, -0.15) is 0 Å². The fourth-order valence-electron chi connectivity index (χ4n) is 2.98. The van der Waals surface area contributed by atoms with Crippen LogP contribution < -0.4 is 10.6 Å². The molecule has 1 aliphatic heterocycles. The van der Waals surface area contributed by atoms with Crippen molar-refractivity contribution in [2.75, 3.05) is 13.2 Å². The zero-order chi connectivity index (χ0) is 16.0. The first kappa shape index (κ1) is 16.7. The quantitative estimate of drug-likeness (QED) is 0.899. The summed E-state index contributed by atoms with van der Waals surface area (Å²) in [6, 6.07) is 3.66. The molecule has 0 spiro atoms. The van der Waals surface area contributed by atoms with Gasteiger partial charge in [0.1, 0.15) is 0 Å². The minimum absolute atomic E-state index is 0.0975. The molecule has 1 saturated heterocycles. The van der Waals surface area contributed by atoms with Gasteiger partial charge in [-0.1, -0.05) is 20.8 Å². The maximum atomic E-state index is 11.9. The third-order valence-electron chi connectivity index (χ3n) is 4.03. The summed E-state index contributed by atoms with van der Waals surface area (Å²) in [7, 11) is 0. The molecule has 0 aromatic carbocycles. The van der Waals surface area contributed by atoms with Crippen molar-refractivity contribution in [1.29, 1.82) is 0 Å². The summed E-state index contributed by atoms with van der Waals surface area (Å²) in [6.45, 7) is 8.58. The average Bonchev–Trinajstić information content (AvgIpc) is 2.51. The predicted molar refractivity (Wildman–Crippen MR) is 86.4 cm³/mol. The van der Waals surface area contributed by atoms with Gasteiger partial charge in [0.25, 0.3) is 0 Å². The molecule has 1 fully saturated rings. The highest BCUT2D eigenvalue weighted by atomic mass is 16.5. The molecular weight excluding hydrogens is 278 g/mol. The Morgan fingerprint density at radius 3 is 2.73 bits per heavy atom. The molecule has 0 radical (unpaired) electrons. The second-order valence-corrected chi connectivity index (χ2v) is 6.98.